The Kier molecular flexibility index (Phi) is 6.31. The highest BCUT2D eigenvalue weighted by atomic mass is 32.2. The van der Waals surface area contributed by atoms with Crippen LogP contribution in [0.5, 0.6) is 5.75 Å². The first-order chi connectivity index (χ1) is 14.2. The summed E-state index contributed by atoms with van der Waals surface area (Å²) in [5.41, 5.74) is 4.38. The monoisotopic (exact) mass is 427 g/mol. The van der Waals surface area contributed by atoms with Crippen LogP contribution >= 0.6 is 0 Å². The van der Waals surface area contributed by atoms with Crippen LogP contribution in [0.1, 0.15) is 18.2 Å². The normalized spacial score (nSPS) is 11.3. The average Bonchev–Trinajstić information content (AvgIpc) is 3.04. The van der Waals surface area contributed by atoms with Gasteiger partial charge in [0.2, 0.25) is 0 Å². The molecule has 1 aromatic heterocycles. The van der Waals surface area contributed by atoms with E-state index in [-0.39, 0.29) is 17.3 Å². The molecule has 3 aromatic rings. The molecule has 0 atom stereocenters. The lowest BCUT2D eigenvalue weighted by molar-refractivity contribution is -0.142. The Morgan fingerprint density at radius 1 is 1.03 bits per heavy atom. The summed E-state index contributed by atoms with van der Waals surface area (Å²) < 4.78 is 36.0. The summed E-state index contributed by atoms with van der Waals surface area (Å²) in [6.45, 7) is 4.06. The second-order valence-electron chi connectivity index (χ2n) is 6.95. The molecule has 1 heterocycles. The van der Waals surface area contributed by atoms with Crippen molar-refractivity contribution in [2.45, 2.75) is 25.2 Å². The van der Waals surface area contributed by atoms with Crippen molar-refractivity contribution in [2.24, 2.45) is 0 Å². The van der Waals surface area contributed by atoms with Crippen LogP contribution in [0.3, 0.4) is 0 Å². The van der Waals surface area contributed by atoms with Crippen LogP contribution in [0.25, 0.3) is 16.9 Å². The summed E-state index contributed by atoms with van der Waals surface area (Å²) in [6.07, 6.45) is 1.35. The molecule has 0 aliphatic rings. The summed E-state index contributed by atoms with van der Waals surface area (Å²) in [6, 6.07) is 16.3. The van der Waals surface area contributed by atoms with Gasteiger partial charge in [0.1, 0.15) is 5.75 Å². The fourth-order valence-corrected chi connectivity index (χ4v) is 3.98. The van der Waals surface area contributed by atoms with Crippen LogP contribution in [0.2, 0.25) is 0 Å². The zero-order chi connectivity index (χ0) is 21.9. The van der Waals surface area contributed by atoms with Crippen molar-refractivity contribution in [1.29, 1.82) is 0 Å². The molecular formula is C23H25NO5S. The van der Waals surface area contributed by atoms with E-state index in [1.165, 1.54) is 6.26 Å². The predicted molar refractivity (Wildman–Crippen MR) is 116 cm³/mol. The van der Waals surface area contributed by atoms with Crippen molar-refractivity contribution >= 4 is 15.8 Å². The van der Waals surface area contributed by atoms with Crippen molar-refractivity contribution in [1.82, 2.24) is 4.57 Å². The minimum absolute atomic E-state index is 0.164. The van der Waals surface area contributed by atoms with Gasteiger partial charge in [-0.1, -0.05) is 12.1 Å². The summed E-state index contributed by atoms with van der Waals surface area (Å²) >= 11 is 0. The van der Waals surface area contributed by atoms with E-state index in [1.807, 2.05) is 41.8 Å². The minimum Gasteiger partial charge on any atom is -0.497 e. The maximum Gasteiger partial charge on any atom is 0.310 e. The fraction of sp³-hybridized carbons (Fsp3) is 0.261. The Labute approximate surface area is 177 Å². The third kappa shape index (κ3) is 4.57. The van der Waals surface area contributed by atoms with Gasteiger partial charge < -0.3 is 14.0 Å². The molecule has 0 spiro atoms. The topological polar surface area (TPSA) is 74.6 Å². The SMILES string of the molecule is CCOC(=O)Cc1cc(-c2ccc(S(C)(=O)=O)cc2)n(-c2ccc(OC)cc2)c1C. The second-order valence-corrected chi connectivity index (χ2v) is 8.97. The van der Waals surface area contributed by atoms with E-state index in [9.17, 15) is 13.2 Å². The van der Waals surface area contributed by atoms with Crippen molar-refractivity contribution in [3.63, 3.8) is 0 Å². The Bertz CT molecular complexity index is 1140. The quantitative estimate of drug-likeness (QED) is 0.534. The number of esters is 1. The van der Waals surface area contributed by atoms with Gasteiger partial charge in [0.15, 0.2) is 9.84 Å². The van der Waals surface area contributed by atoms with Gasteiger partial charge in [-0.3, -0.25) is 4.79 Å². The van der Waals surface area contributed by atoms with Crippen molar-refractivity contribution in [3.8, 4) is 22.7 Å². The van der Waals surface area contributed by atoms with Crippen LogP contribution in [0.4, 0.5) is 0 Å². The molecule has 0 saturated carbocycles. The highest BCUT2D eigenvalue weighted by Crippen LogP contribution is 2.31. The van der Waals surface area contributed by atoms with Crippen LogP contribution in [-0.2, 0) is 25.8 Å². The lowest BCUT2D eigenvalue weighted by atomic mass is 10.1. The average molecular weight is 428 g/mol. The van der Waals surface area contributed by atoms with Crippen LogP contribution in [0, 0.1) is 6.92 Å². The number of benzene rings is 2. The molecule has 158 valence electrons. The van der Waals surface area contributed by atoms with Gasteiger partial charge in [-0.15, -0.1) is 0 Å². The molecule has 7 heteroatoms. The lowest BCUT2D eigenvalue weighted by Crippen LogP contribution is -2.08. The van der Waals surface area contributed by atoms with E-state index in [1.54, 1.807) is 38.3 Å². The number of hydrogen-bond acceptors (Lipinski definition) is 5. The first-order valence-corrected chi connectivity index (χ1v) is 11.5. The molecule has 0 bridgehead atoms. The molecule has 0 saturated heterocycles. The molecule has 0 unspecified atom stereocenters. The van der Waals surface area contributed by atoms with Crippen LogP contribution in [0.15, 0.2) is 59.5 Å². The van der Waals surface area contributed by atoms with E-state index >= 15 is 0 Å². The molecule has 0 N–H and O–H groups in total. The zero-order valence-electron chi connectivity index (χ0n) is 17.5. The maximum absolute atomic E-state index is 12.1. The zero-order valence-corrected chi connectivity index (χ0v) is 18.3. The van der Waals surface area contributed by atoms with E-state index in [0.717, 1.165) is 34.0 Å². The van der Waals surface area contributed by atoms with Gasteiger partial charge in [0, 0.05) is 17.6 Å². The molecule has 0 radical (unpaired) electrons. The van der Waals surface area contributed by atoms with Crippen molar-refractivity contribution in [2.75, 3.05) is 20.0 Å². The summed E-state index contributed by atoms with van der Waals surface area (Å²) in [4.78, 5) is 12.3. The minimum atomic E-state index is -3.28. The van der Waals surface area contributed by atoms with Crippen molar-refractivity contribution in [3.05, 3.63) is 65.9 Å². The van der Waals surface area contributed by atoms with Gasteiger partial charge in [-0.05, 0) is 67.4 Å². The predicted octanol–water partition coefficient (Wildman–Crippen LogP) is 3.97. The molecule has 2 aromatic carbocycles. The molecule has 3 rings (SSSR count). The summed E-state index contributed by atoms with van der Waals surface area (Å²) in [7, 11) is -1.67. The number of carbonyl (C=O) groups is 1. The number of carbonyl (C=O) groups excluding carboxylic acids is 1. The number of hydrogen-bond donors (Lipinski definition) is 0. The van der Waals surface area contributed by atoms with Gasteiger partial charge >= 0.3 is 5.97 Å². The third-order valence-electron chi connectivity index (χ3n) is 4.90. The molecule has 0 fully saturated rings. The Balaban J connectivity index is 2.13. The van der Waals surface area contributed by atoms with Crippen LogP contribution in [-0.4, -0.2) is 38.9 Å². The molecule has 0 aliphatic heterocycles. The smallest absolute Gasteiger partial charge is 0.310 e. The molecule has 0 amide bonds. The Morgan fingerprint density at radius 3 is 2.20 bits per heavy atom. The summed E-state index contributed by atoms with van der Waals surface area (Å²) in [5.74, 6) is 0.459. The number of aromatic nitrogens is 1. The number of rotatable bonds is 7. The number of sulfone groups is 1. The highest BCUT2D eigenvalue weighted by Gasteiger charge is 2.18. The first kappa shape index (κ1) is 21.6. The third-order valence-corrected chi connectivity index (χ3v) is 6.03. The lowest BCUT2D eigenvalue weighted by Gasteiger charge is -2.13. The first-order valence-electron chi connectivity index (χ1n) is 9.56. The second kappa shape index (κ2) is 8.75. The van der Waals surface area contributed by atoms with Crippen LogP contribution < -0.4 is 4.74 Å². The van der Waals surface area contributed by atoms with Gasteiger partial charge in [-0.2, -0.15) is 0 Å². The van der Waals surface area contributed by atoms with Crippen molar-refractivity contribution < 1.29 is 22.7 Å². The van der Waals surface area contributed by atoms with E-state index < -0.39 is 9.84 Å². The summed E-state index contributed by atoms with van der Waals surface area (Å²) in [5, 5.41) is 0. The number of methoxy groups -OCH3 is 1. The van der Waals surface area contributed by atoms with Gasteiger partial charge in [0.05, 0.1) is 30.7 Å². The van der Waals surface area contributed by atoms with E-state index in [2.05, 4.69) is 0 Å². The van der Waals surface area contributed by atoms with Gasteiger partial charge in [0.25, 0.3) is 0 Å². The largest absolute Gasteiger partial charge is 0.497 e. The molecule has 30 heavy (non-hydrogen) atoms. The van der Waals surface area contributed by atoms with Gasteiger partial charge in [-0.25, -0.2) is 8.42 Å². The molecular weight excluding hydrogens is 402 g/mol. The standard InChI is InChI=1S/C23H25NO5S/c1-5-29-23(25)15-18-14-22(17-6-12-21(13-7-17)30(4,26)27)24(16(18)2)19-8-10-20(28-3)11-9-19/h6-14H,5,15H2,1-4H3. The number of nitrogens with zero attached hydrogens (tertiary/aromatic N) is 1. The van der Waals surface area contributed by atoms with E-state index in [4.69, 9.17) is 9.47 Å². The Hall–Kier alpha value is -3.06. The fourth-order valence-electron chi connectivity index (χ4n) is 3.35. The maximum atomic E-state index is 12.1. The van der Waals surface area contributed by atoms with E-state index in [0.29, 0.717) is 6.61 Å². The molecule has 6 nitrogen and oxygen atoms in total. The highest BCUT2D eigenvalue weighted by molar-refractivity contribution is 7.90. The Morgan fingerprint density at radius 2 is 1.67 bits per heavy atom. The molecule has 0 aliphatic carbocycles. The number of ether oxygens (including phenoxy) is 2.